The van der Waals surface area contributed by atoms with Gasteiger partial charge in [0, 0.05) is 32.1 Å². The molecule has 152 valence electrons. The van der Waals surface area contributed by atoms with E-state index in [1.54, 1.807) is 31.2 Å². The van der Waals surface area contributed by atoms with Gasteiger partial charge in [-0.25, -0.2) is 9.18 Å². The fourth-order valence-electron chi connectivity index (χ4n) is 3.16. The van der Waals surface area contributed by atoms with Gasteiger partial charge in [0.25, 0.3) is 0 Å². The molecule has 1 heterocycles. The van der Waals surface area contributed by atoms with Crippen molar-refractivity contribution in [3.8, 4) is 11.3 Å². The van der Waals surface area contributed by atoms with Crippen LogP contribution in [0.1, 0.15) is 18.6 Å². The van der Waals surface area contributed by atoms with E-state index in [-0.39, 0.29) is 0 Å². The fraction of sp³-hybridized carbons (Fsp3) is 0.0870. The van der Waals surface area contributed by atoms with Crippen LogP contribution < -0.4 is 5.32 Å². The molecule has 7 heteroatoms. The number of benzene rings is 3. The maximum absolute atomic E-state index is 13.7. The van der Waals surface area contributed by atoms with Crippen LogP contribution in [0.2, 0.25) is 5.02 Å². The van der Waals surface area contributed by atoms with Gasteiger partial charge < -0.3 is 9.15 Å². The molecule has 4 aromatic rings. The third-order valence-electron chi connectivity index (χ3n) is 4.61. The normalized spacial score (nSPS) is 12.0. The number of carbonyl (C=O) groups excluding carboxylic acids is 1. The third kappa shape index (κ3) is 4.20. The van der Waals surface area contributed by atoms with Crippen molar-refractivity contribution >= 4 is 50.3 Å². The fourth-order valence-corrected chi connectivity index (χ4v) is 3.71. The molecule has 30 heavy (non-hydrogen) atoms. The molecule has 0 saturated heterocycles. The monoisotopic (exact) mass is 487 g/mol. The highest BCUT2D eigenvalue weighted by atomic mass is 79.9. The van der Waals surface area contributed by atoms with Crippen LogP contribution >= 0.6 is 27.5 Å². The quantitative estimate of drug-likeness (QED) is 0.317. The van der Waals surface area contributed by atoms with Crippen LogP contribution in [-0.2, 0) is 4.74 Å². The highest BCUT2D eigenvalue weighted by Gasteiger charge is 2.21. The van der Waals surface area contributed by atoms with Crippen molar-refractivity contribution in [3.05, 3.63) is 87.6 Å². The zero-order valence-corrected chi connectivity index (χ0v) is 18.1. The molecule has 0 aliphatic carbocycles. The summed E-state index contributed by atoms with van der Waals surface area (Å²) in [6.45, 7) is 1.74. The minimum atomic E-state index is -0.673. The topological polar surface area (TPSA) is 51.5 Å². The Hall–Kier alpha value is -2.83. The van der Waals surface area contributed by atoms with Crippen molar-refractivity contribution in [2.75, 3.05) is 5.32 Å². The van der Waals surface area contributed by atoms with Crippen molar-refractivity contribution < 1.29 is 18.3 Å². The van der Waals surface area contributed by atoms with Gasteiger partial charge in [-0.2, -0.15) is 0 Å². The van der Waals surface area contributed by atoms with E-state index < -0.39 is 18.0 Å². The summed E-state index contributed by atoms with van der Waals surface area (Å²) in [6, 6.07) is 18.7. The number of carbonyl (C=O) groups is 1. The summed E-state index contributed by atoms with van der Waals surface area (Å²) in [6.07, 6.45) is -1.24. The van der Waals surface area contributed by atoms with E-state index in [4.69, 9.17) is 20.8 Å². The van der Waals surface area contributed by atoms with E-state index in [1.807, 2.05) is 30.3 Å². The van der Waals surface area contributed by atoms with Crippen LogP contribution in [0.25, 0.3) is 22.3 Å². The van der Waals surface area contributed by atoms with E-state index in [2.05, 4.69) is 21.2 Å². The molecule has 0 spiro atoms. The number of nitrogens with one attached hydrogen (secondary N) is 1. The lowest BCUT2D eigenvalue weighted by atomic mass is 10.1. The smallest absolute Gasteiger partial charge is 0.412 e. The molecule has 4 nitrogen and oxygen atoms in total. The Morgan fingerprint density at radius 2 is 1.87 bits per heavy atom. The standard InChI is InChI=1S/C23H16BrClFNO3/c1-13(17-4-2-3-5-19(17)25)29-23(28)27-21-18-11-10-16(26)12-20(18)30-22(21)14-6-8-15(24)9-7-14/h2-13H,1H3,(H,27,28). The average Bonchev–Trinajstić information content (AvgIpc) is 3.06. The van der Waals surface area contributed by atoms with Gasteiger partial charge in [0.15, 0.2) is 5.76 Å². The molecule has 0 saturated carbocycles. The third-order valence-corrected chi connectivity index (χ3v) is 5.49. The number of hydrogen-bond donors (Lipinski definition) is 1. The van der Waals surface area contributed by atoms with Crippen molar-refractivity contribution in [2.24, 2.45) is 0 Å². The second kappa shape index (κ2) is 8.50. The zero-order chi connectivity index (χ0) is 21.3. The van der Waals surface area contributed by atoms with Crippen LogP contribution in [-0.4, -0.2) is 6.09 Å². The maximum Gasteiger partial charge on any atom is 0.412 e. The van der Waals surface area contributed by atoms with Gasteiger partial charge in [0.1, 0.15) is 17.5 Å². The van der Waals surface area contributed by atoms with Crippen LogP contribution in [0.3, 0.4) is 0 Å². The second-order valence-corrected chi connectivity index (χ2v) is 7.97. The molecule has 1 unspecified atom stereocenters. The molecule has 1 N–H and O–H groups in total. The summed E-state index contributed by atoms with van der Waals surface area (Å²) >= 11 is 9.59. The van der Waals surface area contributed by atoms with Crippen molar-refractivity contribution in [1.29, 1.82) is 0 Å². The number of ether oxygens (including phenoxy) is 1. The molecule has 3 aromatic carbocycles. The molecule has 0 radical (unpaired) electrons. The van der Waals surface area contributed by atoms with Gasteiger partial charge in [-0.15, -0.1) is 0 Å². The van der Waals surface area contributed by atoms with Gasteiger partial charge in [-0.05, 0) is 37.3 Å². The van der Waals surface area contributed by atoms with Gasteiger partial charge in [0.05, 0.1) is 5.69 Å². The molecular weight excluding hydrogens is 473 g/mol. The number of hydrogen-bond acceptors (Lipinski definition) is 3. The molecule has 0 aliphatic rings. The van der Waals surface area contributed by atoms with Crippen molar-refractivity contribution in [2.45, 2.75) is 13.0 Å². The Balaban J connectivity index is 1.67. The first kappa shape index (κ1) is 20.4. The van der Waals surface area contributed by atoms with Crippen LogP contribution in [0.4, 0.5) is 14.9 Å². The first-order chi connectivity index (χ1) is 14.4. The number of fused-ring (bicyclic) bond motifs is 1. The Bertz CT molecular complexity index is 1220. The van der Waals surface area contributed by atoms with Crippen LogP contribution in [0.5, 0.6) is 0 Å². The highest BCUT2D eigenvalue weighted by molar-refractivity contribution is 9.10. The van der Waals surface area contributed by atoms with Crippen molar-refractivity contribution in [1.82, 2.24) is 0 Å². The van der Waals surface area contributed by atoms with Gasteiger partial charge in [0.2, 0.25) is 0 Å². The van der Waals surface area contributed by atoms with E-state index in [1.165, 1.54) is 12.1 Å². The minimum Gasteiger partial charge on any atom is -0.454 e. The molecule has 1 amide bonds. The lowest BCUT2D eigenvalue weighted by Gasteiger charge is -2.15. The molecule has 0 bridgehead atoms. The number of amides is 1. The average molecular weight is 489 g/mol. The Labute approximate surface area is 185 Å². The Morgan fingerprint density at radius 1 is 1.13 bits per heavy atom. The van der Waals surface area contributed by atoms with E-state index in [0.29, 0.717) is 33.0 Å². The van der Waals surface area contributed by atoms with Crippen LogP contribution in [0, 0.1) is 5.82 Å². The summed E-state index contributed by atoms with van der Waals surface area (Å²) in [5, 5.41) is 3.83. The second-order valence-electron chi connectivity index (χ2n) is 6.65. The predicted molar refractivity (Wildman–Crippen MR) is 119 cm³/mol. The summed E-state index contributed by atoms with van der Waals surface area (Å²) in [4.78, 5) is 12.7. The number of rotatable bonds is 4. The van der Waals surface area contributed by atoms with Crippen LogP contribution in [0.15, 0.2) is 75.6 Å². The molecule has 0 fully saturated rings. The molecule has 4 rings (SSSR count). The first-order valence-electron chi connectivity index (χ1n) is 9.12. The largest absolute Gasteiger partial charge is 0.454 e. The Kier molecular flexibility index (Phi) is 5.79. The molecule has 1 atom stereocenters. The van der Waals surface area contributed by atoms with Gasteiger partial charge >= 0.3 is 6.09 Å². The Morgan fingerprint density at radius 3 is 2.60 bits per heavy atom. The predicted octanol–water partition coefficient (Wildman–Crippen LogP) is 7.96. The first-order valence-corrected chi connectivity index (χ1v) is 10.3. The van der Waals surface area contributed by atoms with Gasteiger partial charge in [-0.1, -0.05) is 57.9 Å². The molecule has 1 aromatic heterocycles. The lowest BCUT2D eigenvalue weighted by molar-refractivity contribution is 0.121. The van der Waals surface area contributed by atoms with E-state index in [9.17, 15) is 9.18 Å². The number of halogens is 3. The lowest BCUT2D eigenvalue weighted by Crippen LogP contribution is -2.16. The van der Waals surface area contributed by atoms with E-state index in [0.717, 1.165) is 10.0 Å². The minimum absolute atomic E-state index is 0.322. The zero-order valence-electron chi connectivity index (χ0n) is 15.8. The molecular formula is C23H16BrClFNO3. The van der Waals surface area contributed by atoms with E-state index >= 15 is 0 Å². The van der Waals surface area contributed by atoms with Gasteiger partial charge in [-0.3, -0.25) is 5.32 Å². The van der Waals surface area contributed by atoms with Crippen molar-refractivity contribution in [3.63, 3.8) is 0 Å². The summed E-state index contributed by atoms with van der Waals surface area (Å²) < 4.78 is 26.0. The maximum atomic E-state index is 13.7. The highest BCUT2D eigenvalue weighted by Crippen LogP contribution is 2.39. The summed E-state index contributed by atoms with van der Waals surface area (Å²) in [7, 11) is 0. The summed E-state index contributed by atoms with van der Waals surface area (Å²) in [5.41, 5.74) is 2.15. The molecule has 0 aliphatic heterocycles. The summed E-state index contributed by atoms with van der Waals surface area (Å²) in [5.74, 6) is -0.0227. The number of furan rings is 1. The number of anilines is 1. The SMILES string of the molecule is CC(OC(=O)Nc1c(-c2ccc(Br)cc2)oc2cc(F)ccc12)c1ccccc1Cl.